The van der Waals surface area contributed by atoms with Crippen molar-refractivity contribution >= 4 is 10.8 Å². The first-order valence-electron chi connectivity index (χ1n) is 9.39. The molecular formula is C22H25N5O. The number of H-pyrrole nitrogens is 1. The number of aromatic nitrogens is 4. The molecule has 6 heteroatoms. The smallest absolute Gasteiger partial charge is 0.119 e. The van der Waals surface area contributed by atoms with E-state index in [0.29, 0.717) is 0 Å². The molecule has 0 aliphatic carbocycles. The summed E-state index contributed by atoms with van der Waals surface area (Å²) in [6, 6.07) is 12.6. The van der Waals surface area contributed by atoms with Gasteiger partial charge in [0.05, 0.1) is 25.2 Å². The van der Waals surface area contributed by atoms with Gasteiger partial charge in [-0.3, -0.25) is 9.78 Å². The van der Waals surface area contributed by atoms with E-state index in [2.05, 4.69) is 63.8 Å². The highest BCUT2D eigenvalue weighted by Gasteiger charge is 2.11. The molecule has 2 aromatic carbocycles. The fourth-order valence-corrected chi connectivity index (χ4v) is 3.48. The fourth-order valence-electron chi connectivity index (χ4n) is 3.48. The molecule has 0 bridgehead atoms. The van der Waals surface area contributed by atoms with Crippen molar-refractivity contribution in [1.29, 1.82) is 0 Å². The van der Waals surface area contributed by atoms with Gasteiger partial charge < -0.3 is 9.64 Å². The van der Waals surface area contributed by atoms with Crippen molar-refractivity contribution in [3.63, 3.8) is 0 Å². The summed E-state index contributed by atoms with van der Waals surface area (Å²) in [4.78, 5) is 2.31. The molecule has 0 unspecified atom stereocenters. The van der Waals surface area contributed by atoms with Crippen molar-refractivity contribution < 1.29 is 4.74 Å². The highest BCUT2D eigenvalue weighted by Crippen LogP contribution is 2.28. The van der Waals surface area contributed by atoms with Gasteiger partial charge in [-0.1, -0.05) is 18.2 Å². The van der Waals surface area contributed by atoms with E-state index in [1.807, 2.05) is 30.2 Å². The van der Waals surface area contributed by atoms with Gasteiger partial charge in [0.25, 0.3) is 0 Å². The third-order valence-corrected chi connectivity index (χ3v) is 5.03. The van der Waals surface area contributed by atoms with Crippen molar-refractivity contribution in [1.82, 2.24) is 24.9 Å². The number of likely N-dealkylation sites (N-methyl/N-ethyl adjacent to an activating group) is 1. The molecule has 0 saturated heterocycles. The number of benzene rings is 2. The lowest BCUT2D eigenvalue weighted by molar-refractivity contribution is 0.331. The van der Waals surface area contributed by atoms with Gasteiger partial charge in [0.15, 0.2) is 0 Å². The van der Waals surface area contributed by atoms with E-state index < -0.39 is 0 Å². The average molecular weight is 375 g/mol. The highest BCUT2D eigenvalue weighted by atomic mass is 16.5. The zero-order valence-corrected chi connectivity index (χ0v) is 16.5. The minimum atomic E-state index is 0.840. The molecular weight excluding hydrogens is 350 g/mol. The number of hydrogen-bond donors (Lipinski definition) is 1. The summed E-state index contributed by atoms with van der Waals surface area (Å²) in [6.45, 7) is 1.81. The van der Waals surface area contributed by atoms with Crippen LogP contribution < -0.4 is 4.74 Å². The number of fused-ring (bicyclic) bond motifs is 1. The summed E-state index contributed by atoms with van der Waals surface area (Å²) >= 11 is 0. The first-order valence-corrected chi connectivity index (χ1v) is 9.39. The molecule has 0 radical (unpaired) electrons. The quantitative estimate of drug-likeness (QED) is 0.536. The summed E-state index contributed by atoms with van der Waals surface area (Å²) in [7, 11) is 5.78. The third-order valence-electron chi connectivity index (χ3n) is 5.03. The zero-order valence-electron chi connectivity index (χ0n) is 16.5. The number of methoxy groups -OCH3 is 1. The van der Waals surface area contributed by atoms with Crippen LogP contribution >= 0.6 is 0 Å². The predicted octanol–water partition coefficient (Wildman–Crippen LogP) is 3.65. The van der Waals surface area contributed by atoms with Crippen LogP contribution in [0.2, 0.25) is 0 Å². The first kappa shape index (κ1) is 18.3. The molecule has 0 atom stereocenters. The number of hydrogen-bond acceptors (Lipinski definition) is 4. The number of aryl methyl sites for hydroxylation is 1. The third kappa shape index (κ3) is 3.92. The summed E-state index contributed by atoms with van der Waals surface area (Å²) in [5.41, 5.74) is 4.67. The van der Waals surface area contributed by atoms with Crippen LogP contribution in [0, 0.1) is 0 Å². The molecule has 28 heavy (non-hydrogen) atoms. The maximum Gasteiger partial charge on any atom is 0.119 e. The van der Waals surface area contributed by atoms with E-state index in [9.17, 15) is 0 Å². The van der Waals surface area contributed by atoms with Gasteiger partial charge in [-0.15, -0.1) is 0 Å². The van der Waals surface area contributed by atoms with Gasteiger partial charge in [-0.05, 0) is 48.0 Å². The Hall–Kier alpha value is -3.12. The van der Waals surface area contributed by atoms with Gasteiger partial charge in [0.1, 0.15) is 5.75 Å². The van der Waals surface area contributed by atoms with Crippen molar-refractivity contribution in [3.05, 3.63) is 66.1 Å². The minimum absolute atomic E-state index is 0.840. The molecule has 6 nitrogen and oxygen atoms in total. The molecule has 2 aromatic heterocycles. The minimum Gasteiger partial charge on any atom is -0.497 e. The Kier molecular flexibility index (Phi) is 5.12. The van der Waals surface area contributed by atoms with Gasteiger partial charge in [-0.25, -0.2) is 0 Å². The maximum atomic E-state index is 5.32. The Morgan fingerprint density at radius 3 is 2.71 bits per heavy atom. The van der Waals surface area contributed by atoms with E-state index in [-0.39, 0.29) is 0 Å². The Morgan fingerprint density at radius 1 is 1.11 bits per heavy atom. The molecule has 0 aliphatic heterocycles. The monoisotopic (exact) mass is 375 g/mol. The lowest BCUT2D eigenvalue weighted by Crippen LogP contribution is -2.20. The number of aromatic amines is 1. The predicted molar refractivity (Wildman–Crippen MR) is 111 cm³/mol. The number of nitrogens with zero attached hydrogens (tertiary/aromatic N) is 4. The summed E-state index contributed by atoms with van der Waals surface area (Å²) < 4.78 is 7.16. The molecule has 1 N–H and O–H groups in total. The maximum absolute atomic E-state index is 5.32. The van der Waals surface area contributed by atoms with Crippen molar-refractivity contribution in [2.75, 3.05) is 20.7 Å². The van der Waals surface area contributed by atoms with Gasteiger partial charge >= 0.3 is 0 Å². The van der Waals surface area contributed by atoms with Gasteiger partial charge in [0, 0.05) is 37.5 Å². The first-order chi connectivity index (χ1) is 13.6. The second kappa shape index (κ2) is 7.86. The second-order valence-electron chi connectivity index (χ2n) is 7.21. The van der Waals surface area contributed by atoms with Gasteiger partial charge in [-0.2, -0.15) is 10.2 Å². The molecule has 0 aliphatic rings. The molecule has 0 spiro atoms. The van der Waals surface area contributed by atoms with E-state index in [1.165, 1.54) is 16.5 Å². The van der Waals surface area contributed by atoms with E-state index in [4.69, 9.17) is 4.74 Å². The lowest BCUT2D eigenvalue weighted by Gasteiger charge is -2.16. The summed E-state index contributed by atoms with van der Waals surface area (Å²) in [5, 5.41) is 14.1. The van der Waals surface area contributed by atoms with Crippen molar-refractivity contribution in [3.8, 4) is 17.0 Å². The fraction of sp³-hybridized carbons (Fsp3) is 0.273. The van der Waals surface area contributed by atoms with E-state index in [1.54, 1.807) is 7.11 Å². The van der Waals surface area contributed by atoms with Crippen LogP contribution in [0.25, 0.3) is 22.0 Å². The Bertz CT molecular complexity index is 1080. The zero-order chi connectivity index (χ0) is 19.5. The van der Waals surface area contributed by atoms with Crippen LogP contribution in [-0.4, -0.2) is 45.6 Å². The summed E-state index contributed by atoms with van der Waals surface area (Å²) in [5.74, 6) is 0.873. The Balaban J connectivity index is 1.49. The average Bonchev–Trinajstić information content (AvgIpc) is 3.34. The second-order valence-corrected chi connectivity index (χ2v) is 7.21. The Labute approximate surface area is 164 Å². The molecule has 2 heterocycles. The van der Waals surface area contributed by atoms with Crippen LogP contribution in [0.1, 0.15) is 11.1 Å². The number of nitrogens with one attached hydrogen (secondary N) is 1. The van der Waals surface area contributed by atoms with Crippen LogP contribution in [0.15, 0.2) is 55.0 Å². The largest absolute Gasteiger partial charge is 0.497 e. The lowest BCUT2D eigenvalue weighted by atomic mass is 10.0. The molecule has 0 amide bonds. The topological polar surface area (TPSA) is 59.0 Å². The van der Waals surface area contributed by atoms with Crippen LogP contribution in [0.5, 0.6) is 5.75 Å². The highest BCUT2D eigenvalue weighted by molar-refractivity contribution is 5.88. The molecule has 0 fully saturated rings. The van der Waals surface area contributed by atoms with Crippen molar-refractivity contribution in [2.24, 2.45) is 7.05 Å². The van der Waals surface area contributed by atoms with Crippen molar-refractivity contribution in [2.45, 2.75) is 13.0 Å². The molecule has 4 rings (SSSR count). The SMILES string of the molecule is COc1ccc2cc(-c3[nH]ncc3CN(C)CCc3cnn(C)c3)ccc2c1. The standard InChI is InChI=1S/C22H25N5O/c1-26(9-8-16-12-24-27(2)14-16)15-20-13-23-25-22(20)19-5-4-18-11-21(28-3)7-6-17(18)10-19/h4-7,10-14H,8-9,15H2,1-3H3,(H,23,25). The number of ether oxygens (including phenoxy) is 1. The van der Waals surface area contributed by atoms with E-state index in [0.717, 1.165) is 41.9 Å². The molecule has 144 valence electrons. The molecule has 4 aromatic rings. The van der Waals surface area contributed by atoms with Crippen LogP contribution in [0.3, 0.4) is 0 Å². The molecule has 0 saturated carbocycles. The normalized spacial score (nSPS) is 11.4. The number of rotatable bonds is 7. The van der Waals surface area contributed by atoms with Crippen LogP contribution in [0.4, 0.5) is 0 Å². The van der Waals surface area contributed by atoms with Crippen LogP contribution in [-0.2, 0) is 20.0 Å². The van der Waals surface area contributed by atoms with Gasteiger partial charge in [0.2, 0.25) is 0 Å². The Morgan fingerprint density at radius 2 is 1.93 bits per heavy atom. The summed E-state index contributed by atoms with van der Waals surface area (Å²) in [6.07, 6.45) is 6.91. The van der Waals surface area contributed by atoms with E-state index >= 15 is 0 Å².